The van der Waals surface area contributed by atoms with Crippen molar-refractivity contribution in [2.45, 2.75) is 83.2 Å². The van der Waals surface area contributed by atoms with E-state index in [1.54, 1.807) is 21.1 Å². The average molecular weight is 548 g/mol. The average Bonchev–Trinajstić information content (AvgIpc) is 3.41. The van der Waals surface area contributed by atoms with E-state index in [9.17, 15) is 14.4 Å². The fourth-order valence-electron chi connectivity index (χ4n) is 5.86. The van der Waals surface area contributed by atoms with Crippen molar-refractivity contribution in [3.8, 4) is 0 Å². The molecule has 0 saturated carbocycles. The van der Waals surface area contributed by atoms with E-state index in [-0.39, 0.29) is 36.4 Å². The number of ether oxygens (including phenoxy) is 3. The summed E-state index contributed by atoms with van der Waals surface area (Å²) in [6.45, 7) is 6.72. The molecule has 0 spiro atoms. The van der Waals surface area contributed by atoms with Crippen molar-refractivity contribution in [2.24, 2.45) is 11.8 Å². The largest absolute Gasteiger partial charge is 0.467 e. The molecule has 1 N–H and O–H groups in total. The molecule has 9 heteroatoms. The Balaban J connectivity index is 2.15. The summed E-state index contributed by atoms with van der Waals surface area (Å²) in [7, 11) is 8.58. The summed E-state index contributed by atoms with van der Waals surface area (Å²) in [4.78, 5) is 43.4. The lowest BCUT2D eigenvalue weighted by Gasteiger charge is -2.38. The maximum Gasteiger partial charge on any atom is 0.328 e. The highest BCUT2D eigenvalue weighted by molar-refractivity contribution is 5.86. The van der Waals surface area contributed by atoms with Gasteiger partial charge in [-0.2, -0.15) is 0 Å². The zero-order valence-corrected chi connectivity index (χ0v) is 25.0. The monoisotopic (exact) mass is 547 g/mol. The van der Waals surface area contributed by atoms with Gasteiger partial charge in [0.2, 0.25) is 11.8 Å². The molecule has 220 valence electrons. The van der Waals surface area contributed by atoms with E-state index in [0.29, 0.717) is 18.9 Å². The van der Waals surface area contributed by atoms with Gasteiger partial charge in [0.25, 0.3) is 0 Å². The smallest absolute Gasteiger partial charge is 0.328 e. The standard InChI is InChI=1S/C30H49N3O6/c1-9-20(2)27(32(4)5)25(37-6)19-26(34)33-17-13-16-24(33)28(38-7)21(3)29(35)31-23(30(36)39-8)18-22-14-11-10-12-15-22/h10-12,14-15,20-21,23-25,27-28H,9,13,16-19H2,1-8H3,(H,31,35)/t20-,21+,23-,24-,25+,27-,28+/m0/s1. The SMILES string of the molecule is CC[C@H](C)[C@@H]([C@@H](CC(=O)N1CCC[C@H]1[C@H](OC)[C@@H](C)C(=O)N[C@@H](Cc1ccccc1)C(=O)OC)OC)N(C)C. The second-order valence-electron chi connectivity index (χ2n) is 10.9. The van der Waals surface area contributed by atoms with E-state index in [0.717, 1.165) is 24.8 Å². The quantitative estimate of drug-likeness (QED) is 0.337. The third-order valence-electron chi connectivity index (χ3n) is 8.14. The number of nitrogens with one attached hydrogen (secondary N) is 1. The van der Waals surface area contributed by atoms with Crippen LogP contribution in [0.15, 0.2) is 30.3 Å². The molecule has 0 radical (unpaired) electrons. The number of hydrogen-bond acceptors (Lipinski definition) is 7. The van der Waals surface area contributed by atoms with E-state index in [1.165, 1.54) is 7.11 Å². The third-order valence-corrected chi connectivity index (χ3v) is 8.14. The molecule has 0 bridgehead atoms. The Morgan fingerprint density at radius 3 is 2.28 bits per heavy atom. The number of likely N-dealkylation sites (tertiary alicyclic amines) is 1. The summed E-state index contributed by atoms with van der Waals surface area (Å²) in [5.74, 6) is -1.05. The van der Waals surface area contributed by atoms with Crippen LogP contribution in [0.1, 0.15) is 52.0 Å². The fraction of sp³-hybridized carbons (Fsp3) is 0.700. The Labute approximate surface area is 234 Å². The van der Waals surface area contributed by atoms with Crippen molar-refractivity contribution >= 4 is 17.8 Å². The molecule has 2 rings (SSSR count). The maximum absolute atomic E-state index is 13.6. The summed E-state index contributed by atoms with van der Waals surface area (Å²) in [6, 6.07) is 8.52. The molecule has 1 fully saturated rings. The molecule has 39 heavy (non-hydrogen) atoms. The molecule has 7 atom stereocenters. The van der Waals surface area contributed by atoms with Crippen LogP contribution in [0, 0.1) is 11.8 Å². The van der Waals surface area contributed by atoms with E-state index in [2.05, 4.69) is 24.1 Å². The highest BCUT2D eigenvalue weighted by Crippen LogP contribution is 2.29. The number of benzene rings is 1. The van der Waals surface area contributed by atoms with Crippen LogP contribution in [-0.2, 0) is 35.0 Å². The zero-order chi connectivity index (χ0) is 29.1. The van der Waals surface area contributed by atoms with Crippen molar-refractivity contribution in [3.05, 3.63) is 35.9 Å². The molecule has 0 aromatic heterocycles. The van der Waals surface area contributed by atoms with Crippen LogP contribution in [0.2, 0.25) is 0 Å². The molecule has 1 aliphatic rings. The van der Waals surface area contributed by atoms with Crippen molar-refractivity contribution in [1.29, 1.82) is 0 Å². The minimum absolute atomic E-state index is 0.00526. The first-order valence-electron chi connectivity index (χ1n) is 14.0. The molecule has 0 aliphatic carbocycles. The number of methoxy groups -OCH3 is 3. The predicted octanol–water partition coefficient (Wildman–Crippen LogP) is 2.91. The second kappa shape index (κ2) is 15.9. The Bertz CT molecular complexity index is 911. The van der Waals surface area contributed by atoms with E-state index < -0.39 is 24.0 Å². The topological polar surface area (TPSA) is 97.4 Å². The summed E-state index contributed by atoms with van der Waals surface area (Å²) in [5, 5.41) is 2.86. The van der Waals surface area contributed by atoms with Gasteiger partial charge in [0, 0.05) is 33.2 Å². The van der Waals surface area contributed by atoms with Crippen LogP contribution >= 0.6 is 0 Å². The second-order valence-corrected chi connectivity index (χ2v) is 10.9. The molecule has 1 aromatic carbocycles. The lowest BCUT2D eigenvalue weighted by Crippen LogP contribution is -2.53. The van der Waals surface area contributed by atoms with E-state index in [1.807, 2.05) is 49.3 Å². The minimum atomic E-state index is -0.822. The molecule has 2 amide bonds. The number of likely N-dealkylation sites (N-methyl/N-ethyl adjacent to an activating group) is 1. The van der Waals surface area contributed by atoms with Crippen LogP contribution in [0.5, 0.6) is 0 Å². The molecule has 1 heterocycles. The summed E-state index contributed by atoms with van der Waals surface area (Å²) >= 11 is 0. The highest BCUT2D eigenvalue weighted by atomic mass is 16.5. The van der Waals surface area contributed by atoms with Crippen molar-refractivity contribution < 1.29 is 28.6 Å². The Morgan fingerprint density at radius 2 is 1.74 bits per heavy atom. The zero-order valence-electron chi connectivity index (χ0n) is 25.0. The Kier molecular flexibility index (Phi) is 13.4. The number of nitrogens with zero attached hydrogens (tertiary/aromatic N) is 2. The predicted molar refractivity (Wildman–Crippen MR) is 151 cm³/mol. The third kappa shape index (κ3) is 8.75. The normalized spacial score (nSPS) is 20.1. The first-order chi connectivity index (χ1) is 18.6. The van der Waals surface area contributed by atoms with Gasteiger partial charge in [0.15, 0.2) is 0 Å². The highest BCUT2D eigenvalue weighted by Gasteiger charge is 2.41. The number of amides is 2. The van der Waals surface area contributed by atoms with Crippen LogP contribution in [0.4, 0.5) is 0 Å². The van der Waals surface area contributed by atoms with E-state index >= 15 is 0 Å². The van der Waals surface area contributed by atoms with Gasteiger partial charge in [0.1, 0.15) is 6.04 Å². The van der Waals surface area contributed by atoms with Crippen LogP contribution in [0.3, 0.4) is 0 Å². The molecular formula is C30H49N3O6. The molecule has 1 saturated heterocycles. The van der Waals surface area contributed by atoms with Gasteiger partial charge in [-0.3, -0.25) is 9.59 Å². The number of carbonyl (C=O) groups is 3. The number of hydrogen-bond donors (Lipinski definition) is 1. The molecule has 0 unspecified atom stereocenters. The van der Waals surface area contributed by atoms with Gasteiger partial charge in [-0.05, 0) is 38.4 Å². The van der Waals surface area contributed by atoms with Gasteiger partial charge in [0.05, 0.1) is 37.7 Å². The number of rotatable bonds is 15. The van der Waals surface area contributed by atoms with E-state index in [4.69, 9.17) is 14.2 Å². The van der Waals surface area contributed by atoms with Gasteiger partial charge in [-0.25, -0.2) is 4.79 Å². The van der Waals surface area contributed by atoms with Crippen molar-refractivity contribution in [2.75, 3.05) is 42.0 Å². The van der Waals surface area contributed by atoms with Crippen LogP contribution in [-0.4, -0.2) is 99.9 Å². The summed E-state index contributed by atoms with van der Waals surface area (Å²) < 4.78 is 16.6. The Morgan fingerprint density at radius 1 is 1.08 bits per heavy atom. The first kappa shape index (κ1) is 32.7. The number of esters is 1. The minimum Gasteiger partial charge on any atom is -0.467 e. The lowest BCUT2D eigenvalue weighted by atomic mass is 9.90. The molecule has 9 nitrogen and oxygen atoms in total. The fourth-order valence-corrected chi connectivity index (χ4v) is 5.86. The van der Waals surface area contributed by atoms with Gasteiger partial charge in [-0.1, -0.05) is 57.5 Å². The molecular weight excluding hydrogens is 498 g/mol. The van der Waals surface area contributed by atoms with Gasteiger partial charge in [-0.15, -0.1) is 0 Å². The van der Waals surface area contributed by atoms with Gasteiger partial charge < -0.3 is 29.3 Å². The Hall–Kier alpha value is -2.49. The van der Waals surface area contributed by atoms with Crippen molar-refractivity contribution in [1.82, 2.24) is 15.1 Å². The molecule has 1 aliphatic heterocycles. The van der Waals surface area contributed by atoms with Crippen molar-refractivity contribution in [3.63, 3.8) is 0 Å². The molecule has 1 aromatic rings. The van der Waals surface area contributed by atoms with Gasteiger partial charge >= 0.3 is 5.97 Å². The first-order valence-corrected chi connectivity index (χ1v) is 14.0. The maximum atomic E-state index is 13.6. The van der Waals surface area contributed by atoms with Crippen LogP contribution in [0.25, 0.3) is 0 Å². The van der Waals surface area contributed by atoms with Crippen LogP contribution < -0.4 is 5.32 Å². The lowest BCUT2D eigenvalue weighted by molar-refractivity contribution is -0.147. The summed E-state index contributed by atoms with van der Waals surface area (Å²) in [5.41, 5.74) is 0.915. The summed E-state index contributed by atoms with van der Waals surface area (Å²) in [6.07, 6.45) is 2.38. The number of carbonyl (C=O) groups excluding carboxylic acids is 3.